The third kappa shape index (κ3) is 4.24. The predicted octanol–water partition coefficient (Wildman–Crippen LogP) is 2.53. The van der Waals surface area contributed by atoms with E-state index in [9.17, 15) is 14.4 Å². The van der Waals surface area contributed by atoms with E-state index >= 15 is 0 Å². The molecule has 0 radical (unpaired) electrons. The minimum atomic E-state index is -0.609. The molecule has 0 bridgehead atoms. The number of nitrogens with one attached hydrogen (secondary N) is 1. The van der Waals surface area contributed by atoms with Gasteiger partial charge in [-0.2, -0.15) is 0 Å². The summed E-state index contributed by atoms with van der Waals surface area (Å²) in [5.41, 5.74) is 3.65. The van der Waals surface area contributed by atoms with Crippen LogP contribution in [-0.4, -0.2) is 62.1 Å². The standard InChI is InChI=1S/C27H29N5O4/c33-24-9-8-23(26(34)29-24)32-16-19-14-21(6-7-22(19)27(32)35)36-17-20-5-1-2-11-31(20)15-18-4-3-12-30-13-10-28-25(18)30/h3-4,6-7,10,12-14,20,23H,1-2,5,8-9,11,15-17H2,(H,29,33,34). The first-order chi connectivity index (χ1) is 17.6. The summed E-state index contributed by atoms with van der Waals surface area (Å²) in [5.74, 6) is -0.119. The Morgan fingerprint density at radius 2 is 2.00 bits per heavy atom. The van der Waals surface area contributed by atoms with Gasteiger partial charge in [0.1, 0.15) is 24.0 Å². The molecule has 2 unspecified atom stereocenters. The molecule has 36 heavy (non-hydrogen) atoms. The molecular formula is C27H29N5O4. The number of benzene rings is 1. The summed E-state index contributed by atoms with van der Waals surface area (Å²) >= 11 is 0. The number of aromatic nitrogens is 2. The number of carbonyl (C=O) groups excluding carboxylic acids is 3. The number of pyridine rings is 1. The number of amides is 3. The van der Waals surface area contributed by atoms with Gasteiger partial charge in [0, 0.05) is 55.3 Å². The Morgan fingerprint density at radius 1 is 1.08 bits per heavy atom. The molecule has 186 valence electrons. The number of imidazole rings is 1. The van der Waals surface area contributed by atoms with Crippen LogP contribution in [0.2, 0.25) is 0 Å². The second-order valence-electron chi connectivity index (χ2n) is 9.84. The molecule has 2 aromatic heterocycles. The third-order valence-electron chi connectivity index (χ3n) is 7.56. The van der Waals surface area contributed by atoms with Crippen LogP contribution in [0, 0.1) is 0 Å². The van der Waals surface area contributed by atoms with E-state index < -0.39 is 11.9 Å². The maximum Gasteiger partial charge on any atom is 0.255 e. The first kappa shape index (κ1) is 22.7. The Labute approximate surface area is 209 Å². The van der Waals surface area contributed by atoms with Gasteiger partial charge in [0.25, 0.3) is 5.91 Å². The van der Waals surface area contributed by atoms with Crippen molar-refractivity contribution in [2.45, 2.75) is 57.3 Å². The predicted molar refractivity (Wildman–Crippen MR) is 131 cm³/mol. The molecule has 9 nitrogen and oxygen atoms in total. The number of rotatable bonds is 6. The van der Waals surface area contributed by atoms with Gasteiger partial charge in [-0.25, -0.2) is 4.98 Å². The van der Waals surface area contributed by atoms with Gasteiger partial charge < -0.3 is 14.0 Å². The van der Waals surface area contributed by atoms with E-state index in [1.54, 1.807) is 11.0 Å². The Balaban J connectivity index is 1.12. The van der Waals surface area contributed by atoms with E-state index in [0.29, 0.717) is 31.2 Å². The summed E-state index contributed by atoms with van der Waals surface area (Å²) in [7, 11) is 0. The molecule has 0 spiro atoms. The fourth-order valence-electron chi connectivity index (χ4n) is 5.64. The van der Waals surface area contributed by atoms with Crippen LogP contribution < -0.4 is 10.1 Å². The lowest BCUT2D eigenvalue weighted by Gasteiger charge is -2.35. The van der Waals surface area contributed by atoms with Crippen molar-refractivity contribution in [1.29, 1.82) is 0 Å². The highest BCUT2D eigenvalue weighted by Crippen LogP contribution is 2.31. The first-order valence-electron chi connectivity index (χ1n) is 12.6. The molecule has 2 saturated heterocycles. The third-order valence-corrected chi connectivity index (χ3v) is 7.56. The molecule has 3 aromatic rings. The van der Waals surface area contributed by atoms with Crippen LogP contribution in [0.4, 0.5) is 0 Å². The maximum atomic E-state index is 12.9. The SMILES string of the molecule is O=C1CCC(N2Cc3cc(OCC4CCCCN4Cc4cccn5ccnc45)ccc3C2=O)C(=O)N1. The Kier molecular flexibility index (Phi) is 5.92. The lowest BCUT2D eigenvalue weighted by atomic mass is 10.0. The number of hydrogen-bond donors (Lipinski definition) is 1. The van der Waals surface area contributed by atoms with Gasteiger partial charge in [0.15, 0.2) is 0 Å². The van der Waals surface area contributed by atoms with Crippen LogP contribution in [0.15, 0.2) is 48.9 Å². The van der Waals surface area contributed by atoms with Crippen LogP contribution in [0.3, 0.4) is 0 Å². The highest BCUT2D eigenvalue weighted by molar-refractivity contribution is 6.05. The summed E-state index contributed by atoms with van der Waals surface area (Å²) in [5, 5.41) is 2.34. The van der Waals surface area contributed by atoms with Crippen molar-refractivity contribution in [3.8, 4) is 5.75 Å². The molecule has 9 heteroatoms. The average molecular weight is 488 g/mol. The van der Waals surface area contributed by atoms with Gasteiger partial charge in [-0.15, -0.1) is 0 Å². The zero-order valence-corrected chi connectivity index (χ0v) is 20.1. The molecule has 0 saturated carbocycles. The molecule has 0 aliphatic carbocycles. The summed E-state index contributed by atoms with van der Waals surface area (Å²) in [4.78, 5) is 45.3. The fraction of sp³-hybridized carbons (Fsp3) is 0.407. The lowest BCUT2D eigenvalue weighted by Crippen LogP contribution is -2.52. The summed E-state index contributed by atoms with van der Waals surface area (Å²) in [6, 6.07) is 9.42. The van der Waals surface area contributed by atoms with Gasteiger partial charge in [-0.1, -0.05) is 12.5 Å². The van der Waals surface area contributed by atoms with Crippen LogP contribution in [-0.2, 0) is 22.7 Å². The van der Waals surface area contributed by atoms with Crippen molar-refractivity contribution < 1.29 is 19.1 Å². The largest absolute Gasteiger partial charge is 0.492 e. The topological polar surface area (TPSA) is 96.2 Å². The smallest absolute Gasteiger partial charge is 0.255 e. The zero-order valence-electron chi connectivity index (χ0n) is 20.1. The second kappa shape index (κ2) is 9.39. The minimum absolute atomic E-state index is 0.169. The molecule has 3 aliphatic rings. The molecule has 6 rings (SSSR count). The van der Waals surface area contributed by atoms with E-state index in [2.05, 4.69) is 31.7 Å². The summed E-state index contributed by atoms with van der Waals surface area (Å²) in [6.45, 7) is 2.77. The maximum absolute atomic E-state index is 12.9. The number of piperidine rings is 2. The van der Waals surface area contributed by atoms with Crippen molar-refractivity contribution >= 4 is 23.4 Å². The molecule has 2 atom stereocenters. The number of imide groups is 1. The van der Waals surface area contributed by atoms with Gasteiger partial charge in [0.2, 0.25) is 11.8 Å². The first-order valence-corrected chi connectivity index (χ1v) is 12.6. The molecule has 1 aromatic carbocycles. The molecule has 3 aliphatic heterocycles. The number of hydrogen-bond acceptors (Lipinski definition) is 6. The van der Waals surface area contributed by atoms with Gasteiger partial charge in [-0.05, 0) is 55.6 Å². The second-order valence-corrected chi connectivity index (χ2v) is 9.84. The van der Waals surface area contributed by atoms with Crippen LogP contribution >= 0.6 is 0 Å². The monoisotopic (exact) mass is 487 g/mol. The van der Waals surface area contributed by atoms with Crippen molar-refractivity contribution in [3.05, 3.63) is 65.6 Å². The van der Waals surface area contributed by atoms with E-state index in [4.69, 9.17) is 4.74 Å². The van der Waals surface area contributed by atoms with Crippen LogP contribution in [0.25, 0.3) is 5.65 Å². The molecule has 1 N–H and O–H groups in total. The zero-order chi connectivity index (χ0) is 24.6. The lowest BCUT2D eigenvalue weighted by molar-refractivity contribution is -0.136. The number of likely N-dealkylation sites (tertiary alicyclic amines) is 1. The van der Waals surface area contributed by atoms with Crippen molar-refractivity contribution in [3.63, 3.8) is 0 Å². The molecule has 3 amide bonds. The van der Waals surface area contributed by atoms with E-state index in [1.807, 2.05) is 30.7 Å². The van der Waals surface area contributed by atoms with E-state index in [1.165, 1.54) is 18.4 Å². The number of ether oxygens (including phenoxy) is 1. The summed E-state index contributed by atoms with van der Waals surface area (Å²) < 4.78 is 8.30. The number of nitrogens with zero attached hydrogens (tertiary/aromatic N) is 4. The van der Waals surface area contributed by atoms with Crippen molar-refractivity contribution in [2.75, 3.05) is 13.2 Å². The van der Waals surface area contributed by atoms with Gasteiger partial charge in [-0.3, -0.25) is 24.6 Å². The Morgan fingerprint density at radius 3 is 2.89 bits per heavy atom. The molecule has 5 heterocycles. The fourth-order valence-corrected chi connectivity index (χ4v) is 5.64. The number of fused-ring (bicyclic) bond motifs is 2. The minimum Gasteiger partial charge on any atom is -0.492 e. The van der Waals surface area contributed by atoms with Crippen molar-refractivity contribution in [2.24, 2.45) is 0 Å². The van der Waals surface area contributed by atoms with Gasteiger partial charge >= 0.3 is 0 Å². The highest BCUT2D eigenvalue weighted by Gasteiger charge is 2.39. The van der Waals surface area contributed by atoms with Crippen LogP contribution in [0.5, 0.6) is 5.75 Å². The Bertz CT molecular complexity index is 1330. The molecular weight excluding hydrogens is 458 g/mol. The van der Waals surface area contributed by atoms with E-state index in [0.717, 1.165) is 36.5 Å². The van der Waals surface area contributed by atoms with Crippen LogP contribution in [0.1, 0.15) is 53.6 Å². The molecule has 2 fully saturated rings. The van der Waals surface area contributed by atoms with Gasteiger partial charge in [0.05, 0.1) is 0 Å². The normalized spacial score (nSPS) is 22.7. The number of carbonyl (C=O) groups is 3. The Hall–Kier alpha value is -3.72. The highest BCUT2D eigenvalue weighted by atomic mass is 16.5. The summed E-state index contributed by atoms with van der Waals surface area (Å²) in [6.07, 6.45) is 9.84. The quantitative estimate of drug-likeness (QED) is 0.537. The average Bonchev–Trinajstić information content (AvgIpc) is 3.49. The van der Waals surface area contributed by atoms with E-state index in [-0.39, 0.29) is 18.2 Å². The van der Waals surface area contributed by atoms with Crippen molar-refractivity contribution in [1.82, 2.24) is 24.5 Å².